The lowest BCUT2D eigenvalue weighted by Crippen LogP contribution is -2.53. The first-order valence-corrected chi connectivity index (χ1v) is 15.5. The third-order valence-corrected chi connectivity index (χ3v) is 8.77. The second-order valence-electron chi connectivity index (χ2n) is 12.2. The number of nitrogens with zero attached hydrogens (tertiary/aromatic N) is 1. The lowest BCUT2D eigenvalue weighted by atomic mass is 9.86. The molecule has 1 N–H and O–H groups in total. The van der Waals surface area contributed by atoms with Gasteiger partial charge >= 0.3 is 0 Å². The highest BCUT2D eigenvalue weighted by Crippen LogP contribution is 2.28. The van der Waals surface area contributed by atoms with Gasteiger partial charge in [-0.25, -0.2) is 0 Å². The second kappa shape index (κ2) is 14.4. The van der Waals surface area contributed by atoms with Crippen LogP contribution in [0.1, 0.15) is 81.5 Å². The summed E-state index contributed by atoms with van der Waals surface area (Å²) in [5, 5.41) is 4.26. The van der Waals surface area contributed by atoms with Crippen molar-refractivity contribution in [2.45, 2.75) is 96.2 Å². The highest BCUT2D eigenvalue weighted by molar-refractivity contribution is 6.36. The van der Waals surface area contributed by atoms with Crippen molar-refractivity contribution in [1.82, 2.24) is 10.2 Å². The zero-order valence-electron chi connectivity index (χ0n) is 24.5. The van der Waals surface area contributed by atoms with Gasteiger partial charge in [0.25, 0.3) is 0 Å². The molecule has 0 aliphatic heterocycles. The fraction of sp³-hybridized carbons (Fsp3) is 0.429. The third-order valence-electron chi connectivity index (χ3n) is 8.06. The minimum Gasteiger partial charge on any atom is -0.352 e. The Morgan fingerprint density at radius 1 is 0.854 bits per heavy atom. The van der Waals surface area contributed by atoms with Crippen LogP contribution in [0.15, 0.2) is 72.8 Å². The van der Waals surface area contributed by atoms with Crippen molar-refractivity contribution < 1.29 is 9.59 Å². The number of carbonyl (C=O) groups is 2. The molecule has 3 aromatic rings. The third kappa shape index (κ3) is 8.83. The molecule has 0 radical (unpaired) electrons. The van der Waals surface area contributed by atoms with E-state index < -0.39 is 6.04 Å². The fourth-order valence-corrected chi connectivity index (χ4v) is 6.04. The number of halogens is 2. The largest absolute Gasteiger partial charge is 0.352 e. The van der Waals surface area contributed by atoms with Gasteiger partial charge in [0.05, 0.1) is 0 Å². The molecule has 1 aliphatic carbocycles. The van der Waals surface area contributed by atoms with E-state index in [-0.39, 0.29) is 36.2 Å². The molecule has 1 aliphatic rings. The highest BCUT2D eigenvalue weighted by Gasteiger charge is 2.32. The molecule has 218 valence electrons. The van der Waals surface area contributed by atoms with Crippen LogP contribution in [0.5, 0.6) is 0 Å². The van der Waals surface area contributed by atoms with E-state index in [9.17, 15) is 9.59 Å². The Balaban J connectivity index is 1.62. The van der Waals surface area contributed by atoms with Crippen LogP contribution in [0.4, 0.5) is 0 Å². The van der Waals surface area contributed by atoms with Crippen LogP contribution in [-0.4, -0.2) is 28.8 Å². The van der Waals surface area contributed by atoms with Crippen molar-refractivity contribution in [3.05, 3.63) is 105 Å². The summed E-state index contributed by atoms with van der Waals surface area (Å²) < 4.78 is 0. The lowest BCUT2D eigenvalue weighted by Gasteiger charge is -2.34. The Morgan fingerprint density at radius 2 is 1.49 bits per heavy atom. The maximum Gasteiger partial charge on any atom is 0.243 e. The summed E-state index contributed by atoms with van der Waals surface area (Å²) in [6.45, 7) is 6.73. The molecule has 0 spiro atoms. The summed E-state index contributed by atoms with van der Waals surface area (Å²) in [7, 11) is 0. The first-order valence-electron chi connectivity index (χ1n) is 14.8. The van der Waals surface area contributed by atoms with Gasteiger partial charge in [-0.05, 0) is 53.5 Å². The summed E-state index contributed by atoms with van der Waals surface area (Å²) in [6.07, 6.45) is 6.63. The van der Waals surface area contributed by atoms with Crippen LogP contribution in [0.3, 0.4) is 0 Å². The number of benzene rings is 3. The van der Waals surface area contributed by atoms with Gasteiger partial charge in [-0.3, -0.25) is 9.59 Å². The molecule has 3 aromatic carbocycles. The van der Waals surface area contributed by atoms with Gasteiger partial charge in [0, 0.05) is 41.0 Å². The van der Waals surface area contributed by atoms with E-state index in [2.05, 4.69) is 50.4 Å². The maximum atomic E-state index is 14.1. The van der Waals surface area contributed by atoms with Crippen molar-refractivity contribution in [3.63, 3.8) is 0 Å². The van der Waals surface area contributed by atoms with Crippen LogP contribution in [-0.2, 0) is 34.4 Å². The van der Waals surface area contributed by atoms with E-state index in [1.54, 1.807) is 23.1 Å². The Kier molecular flexibility index (Phi) is 10.9. The van der Waals surface area contributed by atoms with Gasteiger partial charge in [0.2, 0.25) is 11.8 Å². The zero-order chi connectivity index (χ0) is 29.4. The van der Waals surface area contributed by atoms with E-state index >= 15 is 0 Å². The predicted molar refractivity (Wildman–Crippen MR) is 169 cm³/mol. The number of rotatable bonds is 10. The van der Waals surface area contributed by atoms with Crippen LogP contribution < -0.4 is 5.32 Å². The molecule has 6 heteroatoms. The maximum absolute atomic E-state index is 14.1. The quantitative estimate of drug-likeness (QED) is 0.257. The smallest absolute Gasteiger partial charge is 0.243 e. The first kappa shape index (κ1) is 31.1. The Hall–Kier alpha value is -2.82. The van der Waals surface area contributed by atoms with E-state index in [0.717, 1.165) is 36.8 Å². The molecule has 0 unspecified atom stereocenters. The Morgan fingerprint density at radius 3 is 2.10 bits per heavy atom. The highest BCUT2D eigenvalue weighted by atomic mass is 35.5. The number of amides is 2. The summed E-state index contributed by atoms with van der Waals surface area (Å²) >= 11 is 13.2. The second-order valence-corrected chi connectivity index (χ2v) is 13.0. The molecular formula is C35H42Cl2N2O2. The van der Waals surface area contributed by atoms with E-state index in [0.29, 0.717) is 28.5 Å². The van der Waals surface area contributed by atoms with Crippen molar-refractivity contribution in [3.8, 4) is 0 Å². The molecular weight excluding hydrogens is 551 g/mol. The average Bonchev–Trinajstić information content (AvgIpc) is 2.96. The topological polar surface area (TPSA) is 49.4 Å². The zero-order valence-corrected chi connectivity index (χ0v) is 26.0. The predicted octanol–water partition coefficient (Wildman–Crippen LogP) is 8.31. The SMILES string of the molecule is CC(C)(C)c1ccc(CCC(=O)N(Cc2c(Cl)cccc2Cl)[C@H](Cc2ccccc2)C(=O)NC2CCCCC2)cc1. The Labute approximate surface area is 255 Å². The molecule has 1 fully saturated rings. The Bertz CT molecular complexity index is 1280. The molecule has 0 heterocycles. The molecule has 1 atom stereocenters. The summed E-state index contributed by atoms with van der Waals surface area (Å²) in [4.78, 5) is 29.7. The van der Waals surface area contributed by atoms with Gasteiger partial charge in [-0.2, -0.15) is 0 Å². The van der Waals surface area contributed by atoms with Crippen LogP contribution >= 0.6 is 23.2 Å². The average molecular weight is 594 g/mol. The van der Waals surface area contributed by atoms with Crippen molar-refractivity contribution in [2.24, 2.45) is 0 Å². The van der Waals surface area contributed by atoms with Gasteiger partial charge in [-0.1, -0.05) is 124 Å². The standard InChI is InChI=1S/C35H42Cl2N2O2/c1-35(2,3)27-20-17-25(18-21-27)19-22-33(40)39(24-29-30(36)15-10-16-31(29)37)32(23-26-11-6-4-7-12-26)34(41)38-28-13-8-5-9-14-28/h4,6-7,10-12,15-18,20-21,28,32H,5,8-9,13-14,19,22-24H2,1-3H3,(H,38,41)/t32-/m1/s1. The number of carbonyl (C=O) groups excluding carboxylic acids is 2. The fourth-order valence-electron chi connectivity index (χ4n) is 5.52. The van der Waals surface area contributed by atoms with Crippen molar-refractivity contribution >= 4 is 35.0 Å². The van der Waals surface area contributed by atoms with Crippen LogP contribution in [0.2, 0.25) is 10.0 Å². The van der Waals surface area contributed by atoms with Gasteiger partial charge in [-0.15, -0.1) is 0 Å². The number of nitrogens with one attached hydrogen (secondary N) is 1. The lowest BCUT2D eigenvalue weighted by molar-refractivity contribution is -0.141. The normalized spacial score (nSPS) is 14.9. The first-order chi connectivity index (χ1) is 19.6. The molecule has 2 amide bonds. The minimum atomic E-state index is -0.692. The van der Waals surface area contributed by atoms with Crippen LogP contribution in [0.25, 0.3) is 0 Å². The number of hydrogen-bond donors (Lipinski definition) is 1. The minimum absolute atomic E-state index is 0.0652. The summed E-state index contributed by atoms with van der Waals surface area (Å²) in [5.41, 5.74) is 4.06. The van der Waals surface area contributed by atoms with Gasteiger partial charge in [0.15, 0.2) is 0 Å². The monoisotopic (exact) mass is 592 g/mol. The summed E-state index contributed by atoms with van der Waals surface area (Å²) in [5.74, 6) is -0.215. The molecule has 0 saturated heterocycles. The summed E-state index contributed by atoms with van der Waals surface area (Å²) in [6, 6.07) is 23.1. The van der Waals surface area contributed by atoms with E-state index in [4.69, 9.17) is 23.2 Å². The molecule has 0 aromatic heterocycles. The van der Waals surface area contributed by atoms with E-state index in [1.165, 1.54) is 12.0 Å². The van der Waals surface area contributed by atoms with Gasteiger partial charge in [0.1, 0.15) is 6.04 Å². The van der Waals surface area contributed by atoms with Crippen molar-refractivity contribution in [1.29, 1.82) is 0 Å². The molecule has 1 saturated carbocycles. The van der Waals surface area contributed by atoms with Crippen molar-refractivity contribution in [2.75, 3.05) is 0 Å². The molecule has 4 nitrogen and oxygen atoms in total. The number of hydrogen-bond acceptors (Lipinski definition) is 2. The van der Waals surface area contributed by atoms with E-state index in [1.807, 2.05) is 30.3 Å². The number of aryl methyl sites for hydroxylation is 1. The molecule has 41 heavy (non-hydrogen) atoms. The molecule has 0 bridgehead atoms. The molecule has 4 rings (SSSR count). The van der Waals surface area contributed by atoms with Gasteiger partial charge < -0.3 is 10.2 Å². The van der Waals surface area contributed by atoms with Crippen LogP contribution in [0, 0.1) is 0 Å².